The maximum atomic E-state index is 9.81. The van der Waals surface area contributed by atoms with E-state index in [2.05, 4.69) is 67.6 Å². The molecule has 0 bridgehead atoms. The van der Waals surface area contributed by atoms with E-state index < -0.39 is 0 Å². The van der Waals surface area contributed by atoms with Gasteiger partial charge in [-0.1, -0.05) is 54.1 Å². The topological polar surface area (TPSA) is 33.0 Å². The number of hydrogen-bond acceptors (Lipinski definition) is 2. The van der Waals surface area contributed by atoms with Gasteiger partial charge in [-0.3, -0.25) is 0 Å². The molecule has 2 heteroatoms. The summed E-state index contributed by atoms with van der Waals surface area (Å²) in [4.78, 5) is 0. The quantitative estimate of drug-likeness (QED) is 0.790. The van der Waals surface area contributed by atoms with Crippen molar-refractivity contribution in [2.45, 2.75) is 18.3 Å². The Kier molecular flexibility index (Phi) is 2.81. The summed E-state index contributed by atoms with van der Waals surface area (Å²) in [6.07, 6.45) is 2.10. The van der Waals surface area contributed by atoms with Crippen molar-refractivity contribution in [3.8, 4) is 6.07 Å². The zero-order chi connectivity index (χ0) is 16.3. The Hall–Kier alpha value is -2.37. The molecular weight excluding hydrogens is 294 g/mol. The molecule has 4 atom stereocenters. The van der Waals surface area contributed by atoms with Crippen LogP contribution in [0.1, 0.15) is 28.2 Å². The highest BCUT2D eigenvalue weighted by Gasteiger charge is 2.68. The second-order valence-corrected chi connectivity index (χ2v) is 7.37. The van der Waals surface area contributed by atoms with Crippen LogP contribution >= 0.6 is 0 Å². The summed E-state index contributed by atoms with van der Waals surface area (Å²) in [7, 11) is 0. The van der Waals surface area contributed by atoms with Gasteiger partial charge in [0.25, 0.3) is 0 Å². The smallest absolute Gasteiger partial charge is 0.0950 e. The van der Waals surface area contributed by atoms with Crippen LogP contribution < -0.4 is 0 Å². The fourth-order valence-electron chi connectivity index (χ4n) is 5.32. The molecule has 0 aromatic heterocycles. The molecule has 1 saturated heterocycles. The van der Waals surface area contributed by atoms with Gasteiger partial charge in [0.2, 0.25) is 0 Å². The number of aryl methyl sites for hydroxylation is 1. The van der Waals surface area contributed by atoms with E-state index in [1.54, 1.807) is 0 Å². The molecule has 2 fully saturated rings. The maximum absolute atomic E-state index is 9.81. The van der Waals surface area contributed by atoms with Crippen molar-refractivity contribution in [1.82, 2.24) is 0 Å². The maximum Gasteiger partial charge on any atom is 0.0950 e. The van der Waals surface area contributed by atoms with E-state index in [4.69, 9.17) is 4.74 Å². The summed E-state index contributed by atoms with van der Waals surface area (Å²) in [6, 6.07) is 19.9. The lowest BCUT2D eigenvalue weighted by molar-refractivity contribution is 0.0604. The molecule has 1 saturated carbocycles. The predicted octanol–water partition coefficient (Wildman–Crippen LogP) is 4.21. The molecule has 0 amide bonds. The Morgan fingerprint density at radius 3 is 2.71 bits per heavy atom. The minimum absolute atomic E-state index is 0.00798. The van der Waals surface area contributed by atoms with Crippen molar-refractivity contribution in [1.29, 1.82) is 5.26 Å². The lowest BCUT2D eigenvalue weighted by atomic mass is 9.41. The molecule has 2 aromatic carbocycles. The number of hydrogen-bond donors (Lipinski definition) is 0. The van der Waals surface area contributed by atoms with Gasteiger partial charge in [-0.25, -0.2) is 0 Å². The molecule has 5 rings (SSSR count). The van der Waals surface area contributed by atoms with E-state index in [1.165, 1.54) is 22.3 Å². The summed E-state index contributed by atoms with van der Waals surface area (Å²) in [5.74, 6) is 1.09. The SMILES string of the molecule is Cc1ccc([C@@H]2C3C(C#N)=Cc4ccccc4[C@@]34COC[C@@H]24)cc1. The van der Waals surface area contributed by atoms with E-state index in [0.29, 0.717) is 11.8 Å². The van der Waals surface area contributed by atoms with Gasteiger partial charge in [-0.05, 0) is 35.6 Å². The highest BCUT2D eigenvalue weighted by atomic mass is 16.5. The van der Waals surface area contributed by atoms with E-state index >= 15 is 0 Å². The summed E-state index contributed by atoms with van der Waals surface area (Å²) < 4.78 is 5.98. The number of nitrogens with zero attached hydrogens (tertiary/aromatic N) is 1. The van der Waals surface area contributed by atoms with Crippen LogP contribution in [0.5, 0.6) is 0 Å². The van der Waals surface area contributed by atoms with Crippen LogP contribution in [-0.4, -0.2) is 13.2 Å². The van der Waals surface area contributed by atoms with Gasteiger partial charge < -0.3 is 4.74 Å². The molecule has 2 aliphatic carbocycles. The average Bonchev–Trinajstić information content (AvgIpc) is 2.94. The van der Waals surface area contributed by atoms with Crippen molar-refractivity contribution in [3.05, 3.63) is 76.4 Å². The predicted molar refractivity (Wildman–Crippen MR) is 93.4 cm³/mol. The van der Waals surface area contributed by atoms with Crippen LogP contribution in [-0.2, 0) is 10.2 Å². The zero-order valence-corrected chi connectivity index (χ0v) is 13.7. The largest absolute Gasteiger partial charge is 0.380 e. The van der Waals surface area contributed by atoms with Crippen molar-refractivity contribution < 1.29 is 4.74 Å². The third kappa shape index (κ3) is 1.58. The van der Waals surface area contributed by atoms with E-state index in [1.807, 2.05) is 0 Å². The molecule has 1 unspecified atom stereocenters. The van der Waals surface area contributed by atoms with Gasteiger partial charge in [-0.2, -0.15) is 5.26 Å². The monoisotopic (exact) mass is 313 g/mol. The van der Waals surface area contributed by atoms with Gasteiger partial charge in [-0.15, -0.1) is 0 Å². The number of fused-ring (bicyclic) bond motifs is 1. The molecule has 0 N–H and O–H groups in total. The molecule has 1 aliphatic heterocycles. The van der Waals surface area contributed by atoms with Crippen LogP contribution in [0.3, 0.4) is 0 Å². The number of ether oxygens (including phenoxy) is 1. The second kappa shape index (κ2) is 4.82. The highest BCUT2D eigenvalue weighted by Crippen LogP contribution is 2.68. The number of nitriles is 1. The molecule has 2 aromatic rings. The Labute approximate surface area is 142 Å². The minimum Gasteiger partial charge on any atom is -0.380 e. The van der Waals surface area contributed by atoms with Crippen LogP contribution in [0, 0.1) is 30.1 Å². The fourth-order valence-corrected chi connectivity index (χ4v) is 5.32. The van der Waals surface area contributed by atoms with Crippen LogP contribution in [0.15, 0.2) is 54.1 Å². The van der Waals surface area contributed by atoms with E-state index in [9.17, 15) is 5.26 Å². The summed E-state index contributed by atoms with van der Waals surface area (Å²) >= 11 is 0. The molecule has 3 aliphatic rings. The minimum atomic E-state index is -0.00798. The molecule has 2 nitrogen and oxygen atoms in total. The molecule has 1 spiro atoms. The lowest BCUT2D eigenvalue weighted by Crippen LogP contribution is -2.60. The van der Waals surface area contributed by atoms with Crippen molar-refractivity contribution >= 4 is 6.08 Å². The van der Waals surface area contributed by atoms with E-state index in [-0.39, 0.29) is 11.3 Å². The molecular formula is C22H19NO. The Bertz CT molecular complexity index is 889. The van der Waals surface area contributed by atoms with Crippen LogP contribution in [0.2, 0.25) is 0 Å². The summed E-state index contributed by atoms with van der Waals surface area (Å²) in [5.41, 5.74) is 6.10. The number of rotatable bonds is 1. The first-order chi connectivity index (χ1) is 11.8. The zero-order valence-electron chi connectivity index (χ0n) is 13.7. The standard InChI is InChI=1S/C22H19NO/c1-14-6-8-15(9-7-14)20-19-12-24-13-22(19)18-5-3-2-4-16(18)10-17(11-23)21(20)22/h2-10,19-21H,12-13H2,1H3/t19-,20-,21?,22+/m0/s1. The third-order valence-electron chi connectivity index (χ3n) is 6.35. The van der Waals surface area contributed by atoms with Gasteiger partial charge in [0, 0.05) is 22.8 Å². The molecule has 118 valence electrons. The van der Waals surface area contributed by atoms with Crippen LogP contribution in [0.4, 0.5) is 0 Å². The Morgan fingerprint density at radius 2 is 1.92 bits per heavy atom. The van der Waals surface area contributed by atoms with Crippen molar-refractivity contribution in [3.63, 3.8) is 0 Å². The second-order valence-electron chi connectivity index (χ2n) is 7.37. The fraction of sp³-hybridized carbons (Fsp3) is 0.318. The summed E-state index contributed by atoms with van der Waals surface area (Å²) in [6.45, 7) is 3.65. The molecule has 1 heterocycles. The Balaban J connectivity index is 1.69. The first-order valence-electron chi connectivity index (χ1n) is 8.61. The highest BCUT2D eigenvalue weighted by molar-refractivity contribution is 5.70. The first kappa shape index (κ1) is 14.0. The normalized spacial score (nSPS) is 32.7. The van der Waals surface area contributed by atoms with E-state index in [0.717, 1.165) is 18.8 Å². The number of benzene rings is 2. The summed E-state index contributed by atoms with van der Waals surface area (Å²) in [5, 5.41) is 9.81. The molecule has 0 radical (unpaired) electrons. The number of allylic oxidation sites excluding steroid dienone is 1. The Morgan fingerprint density at radius 1 is 1.12 bits per heavy atom. The first-order valence-corrected chi connectivity index (χ1v) is 8.61. The molecule has 24 heavy (non-hydrogen) atoms. The van der Waals surface area contributed by atoms with Crippen LogP contribution in [0.25, 0.3) is 6.08 Å². The van der Waals surface area contributed by atoms with Gasteiger partial charge in [0.15, 0.2) is 0 Å². The third-order valence-corrected chi connectivity index (χ3v) is 6.35. The lowest BCUT2D eigenvalue weighted by Gasteiger charge is -2.59. The average molecular weight is 313 g/mol. The van der Waals surface area contributed by atoms with Crippen molar-refractivity contribution in [2.75, 3.05) is 13.2 Å². The van der Waals surface area contributed by atoms with Crippen molar-refractivity contribution in [2.24, 2.45) is 11.8 Å². The van der Waals surface area contributed by atoms with Gasteiger partial charge >= 0.3 is 0 Å². The van der Waals surface area contributed by atoms with Gasteiger partial charge in [0.05, 0.1) is 19.3 Å². The van der Waals surface area contributed by atoms with Gasteiger partial charge in [0.1, 0.15) is 0 Å².